The number of aromatic nitrogens is 1. The molecular formula is C22H24F2N5O3+. The number of nitriles is 1. The zero-order valence-corrected chi connectivity index (χ0v) is 17.7. The maximum atomic E-state index is 14.6. The molecule has 0 radical (unpaired) electrons. The highest BCUT2D eigenvalue weighted by molar-refractivity contribution is 5.87. The van der Waals surface area contributed by atoms with Crippen LogP contribution in [0.15, 0.2) is 16.9 Å². The Bertz CT molecular complexity index is 1200. The van der Waals surface area contributed by atoms with Crippen LogP contribution in [0, 0.1) is 27.9 Å². The lowest BCUT2D eigenvalue weighted by Gasteiger charge is -2.29. The van der Waals surface area contributed by atoms with Crippen molar-refractivity contribution in [3.63, 3.8) is 0 Å². The molecule has 1 aromatic carbocycles. The molecule has 168 valence electrons. The van der Waals surface area contributed by atoms with Crippen LogP contribution in [0.3, 0.4) is 0 Å². The lowest BCUT2D eigenvalue weighted by atomic mass is 9.95. The van der Waals surface area contributed by atoms with Crippen LogP contribution in [-0.4, -0.2) is 46.4 Å². The molecule has 2 aliphatic rings. The topological polar surface area (TPSA) is 118 Å². The molecule has 4 rings (SSSR count). The van der Waals surface area contributed by atoms with Gasteiger partial charge in [-0.05, 0) is 50.3 Å². The van der Waals surface area contributed by atoms with Crippen LogP contribution in [0.4, 0.5) is 8.78 Å². The molecule has 8 nitrogen and oxygen atoms in total. The largest absolute Gasteiger partial charge is 0.346 e. The number of H-pyrrole nitrogens is 1. The molecule has 3 N–H and O–H groups in total. The number of halogens is 2. The van der Waals surface area contributed by atoms with Gasteiger partial charge in [-0.2, -0.15) is 5.26 Å². The monoisotopic (exact) mass is 444 g/mol. The van der Waals surface area contributed by atoms with Gasteiger partial charge in [0.15, 0.2) is 17.7 Å². The third-order valence-electron chi connectivity index (χ3n) is 6.26. The fraction of sp³-hybridized carbons (Fsp3) is 0.500. The summed E-state index contributed by atoms with van der Waals surface area (Å²) >= 11 is 0. The summed E-state index contributed by atoms with van der Waals surface area (Å²) in [7, 11) is 0. The first kappa shape index (κ1) is 22.0. The second-order valence-electron chi connectivity index (χ2n) is 8.66. The molecule has 0 spiro atoms. The van der Waals surface area contributed by atoms with E-state index in [0.29, 0.717) is 5.56 Å². The van der Waals surface area contributed by atoms with Gasteiger partial charge in [-0.25, -0.2) is 8.78 Å². The lowest BCUT2D eigenvalue weighted by Crippen LogP contribution is -2.63. The number of carbonyl (C=O) groups excluding carboxylic acids is 1. The van der Waals surface area contributed by atoms with Gasteiger partial charge in [0, 0.05) is 20.6 Å². The van der Waals surface area contributed by atoms with E-state index in [2.05, 4.69) is 15.6 Å². The Labute approximate surface area is 182 Å². The fourth-order valence-electron chi connectivity index (χ4n) is 4.72. The maximum Gasteiger partial charge on any atom is 0.252 e. The van der Waals surface area contributed by atoms with Crippen LogP contribution < -0.4 is 16.2 Å². The van der Waals surface area contributed by atoms with Gasteiger partial charge in [0.2, 0.25) is 18.5 Å². The van der Waals surface area contributed by atoms with Crippen molar-refractivity contribution in [2.45, 2.75) is 63.2 Å². The van der Waals surface area contributed by atoms with E-state index >= 15 is 0 Å². The van der Waals surface area contributed by atoms with Gasteiger partial charge in [0.1, 0.15) is 0 Å². The van der Waals surface area contributed by atoms with Gasteiger partial charge in [0.05, 0.1) is 30.1 Å². The number of pyridine rings is 1. The van der Waals surface area contributed by atoms with Gasteiger partial charge in [-0.1, -0.05) is 0 Å². The molecule has 1 saturated carbocycles. The number of nitrogens with zero attached hydrogens (tertiary/aromatic N) is 2. The van der Waals surface area contributed by atoms with Crippen LogP contribution in [-0.2, 0) is 11.2 Å². The zero-order chi connectivity index (χ0) is 23.2. The number of hydrogen-bond acceptors (Lipinski definition) is 5. The number of fused-ring (bicyclic) bond motifs is 1. The van der Waals surface area contributed by atoms with Crippen molar-refractivity contribution >= 4 is 16.8 Å². The van der Waals surface area contributed by atoms with Gasteiger partial charge in [-0.15, -0.1) is 0 Å². The van der Waals surface area contributed by atoms with E-state index in [9.17, 15) is 23.3 Å². The number of carbonyl (C=O) groups is 1. The molecule has 3 unspecified atom stereocenters. The first-order valence-electron chi connectivity index (χ1n) is 10.6. The molecule has 4 atom stereocenters. The van der Waals surface area contributed by atoms with Crippen molar-refractivity contribution < 1.29 is 18.3 Å². The van der Waals surface area contributed by atoms with E-state index < -0.39 is 41.2 Å². The predicted molar refractivity (Wildman–Crippen MR) is 112 cm³/mol. The minimum atomic E-state index is -1.04. The molecule has 1 aromatic heterocycles. The minimum Gasteiger partial charge on any atom is -0.346 e. The van der Waals surface area contributed by atoms with Crippen LogP contribution in [0.25, 0.3) is 10.9 Å². The van der Waals surface area contributed by atoms with Crippen LogP contribution in [0.1, 0.15) is 43.7 Å². The van der Waals surface area contributed by atoms with E-state index in [-0.39, 0.29) is 41.4 Å². The van der Waals surface area contributed by atoms with Crippen molar-refractivity contribution in [3.05, 3.63) is 50.2 Å². The van der Waals surface area contributed by atoms with Crippen molar-refractivity contribution in [2.75, 3.05) is 6.54 Å². The quantitative estimate of drug-likeness (QED) is 0.608. The molecule has 32 heavy (non-hydrogen) atoms. The Morgan fingerprint density at radius 2 is 2.09 bits per heavy atom. The first-order chi connectivity index (χ1) is 15.2. The van der Waals surface area contributed by atoms with Gasteiger partial charge in [-0.3, -0.25) is 14.9 Å². The zero-order valence-electron chi connectivity index (χ0n) is 17.7. The number of piperazine rings is 1. The summed E-state index contributed by atoms with van der Waals surface area (Å²) in [6.07, 6.45) is 1.15. The van der Waals surface area contributed by atoms with Crippen molar-refractivity contribution in [2.24, 2.45) is 0 Å². The van der Waals surface area contributed by atoms with E-state index in [1.165, 1.54) is 6.07 Å². The molecule has 2 aromatic rings. The summed E-state index contributed by atoms with van der Waals surface area (Å²) in [5.41, 5.74) is 0.193. The number of rotatable bonds is 5. The number of nitrogens with one attached hydrogen (secondary N) is 3. The van der Waals surface area contributed by atoms with E-state index in [1.807, 2.05) is 6.07 Å². The van der Waals surface area contributed by atoms with Crippen molar-refractivity contribution in [1.29, 1.82) is 5.26 Å². The summed E-state index contributed by atoms with van der Waals surface area (Å²) in [4.78, 5) is 40.5. The number of hydrogen-bond donors (Lipinski definition) is 3. The third-order valence-corrected chi connectivity index (χ3v) is 6.26. The van der Waals surface area contributed by atoms with Crippen LogP contribution in [0.2, 0.25) is 0 Å². The number of benzene rings is 1. The van der Waals surface area contributed by atoms with Crippen LogP contribution in [0.5, 0.6) is 0 Å². The predicted octanol–water partition coefficient (Wildman–Crippen LogP) is 1.76. The molecule has 2 fully saturated rings. The number of aromatic amines is 1. The summed E-state index contributed by atoms with van der Waals surface area (Å²) < 4.78 is 29.3. The Morgan fingerprint density at radius 1 is 1.38 bits per heavy atom. The highest BCUT2D eigenvalue weighted by Gasteiger charge is 2.44. The van der Waals surface area contributed by atoms with Crippen molar-refractivity contribution in [3.8, 4) is 6.07 Å². The van der Waals surface area contributed by atoms with Crippen molar-refractivity contribution in [1.82, 2.24) is 15.6 Å². The summed E-state index contributed by atoms with van der Waals surface area (Å²) in [6.45, 7) is 3.42. The normalized spacial score (nSPS) is 24.2. The molecule has 1 aliphatic carbocycles. The maximum absolute atomic E-state index is 14.6. The third kappa shape index (κ3) is 4.00. The standard InChI is InChI=1S/C22H23F2N5O3/c1-10-21(29(32)9-13(8-25)26-10)11(2)27-17(30)7-14-18(12-3-4-12)19-16(28-22(14)31)6-5-15(23)20(19)24/h5-6,10-13,21,26H,3-4,7,9H2,1-2H3,(H-,27,28,30,31)/p+1/t10?,11-,13?,21?/m1/s1. The highest BCUT2D eigenvalue weighted by Crippen LogP contribution is 2.44. The second-order valence-corrected chi connectivity index (χ2v) is 8.66. The second kappa shape index (κ2) is 8.39. The number of amides is 1. The molecule has 1 aliphatic heterocycles. The van der Waals surface area contributed by atoms with Gasteiger partial charge < -0.3 is 10.3 Å². The Kier molecular flexibility index (Phi) is 5.77. The summed E-state index contributed by atoms with van der Waals surface area (Å²) in [6, 6.07) is 2.19. The van der Waals surface area contributed by atoms with Gasteiger partial charge >= 0.3 is 0 Å². The summed E-state index contributed by atoms with van der Waals surface area (Å²) in [5.74, 6) is -2.64. The van der Waals surface area contributed by atoms with Crippen LogP contribution >= 0.6 is 0 Å². The Hall–Kier alpha value is -3.19. The molecule has 2 heterocycles. The first-order valence-corrected chi connectivity index (χ1v) is 10.6. The average molecular weight is 444 g/mol. The highest BCUT2D eigenvalue weighted by atomic mass is 19.2. The SMILES string of the molecule is CC1NC(C#N)C[N+](=O)C1[C@@H](C)NC(=O)Cc1c(C2CC2)c2c(F)c(F)ccc2[nH]c1=O. The molecule has 10 heteroatoms. The lowest BCUT2D eigenvalue weighted by molar-refractivity contribution is -0.603. The van der Waals surface area contributed by atoms with E-state index in [4.69, 9.17) is 5.26 Å². The average Bonchev–Trinajstić information content (AvgIpc) is 3.56. The Morgan fingerprint density at radius 3 is 2.72 bits per heavy atom. The van der Waals surface area contributed by atoms with E-state index in [1.54, 1.807) is 13.8 Å². The molecule has 0 bridgehead atoms. The smallest absolute Gasteiger partial charge is 0.252 e. The van der Waals surface area contributed by atoms with E-state index in [0.717, 1.165) is 23.7 Å². The molecule has 1 saturated heterocycles. The number of nitroso groups, excluding NO2 is 1. The fourth-order valence-corrected chi connectivity index (χ4v) is 4.72. The molecule has 1 amide bonds. The summed E-state index contributed by atoms with van der Waals surface area (Å²) in [5, 5.41) is 14.9. The molecular weight excluding hydrogens is 420 g/mol. The van der Waals surface area contributed by atoms with Gasteiger partial charge in [0.25, 0.3) is 5.56 Å². The Balaban J connectivity index is 1.59. The minimum absolute atomic E-state index is 0.0151.